The highest BCUT2D eigenvalue weighted by Gasteiger charge is 2.10. The van der Waals surface area contributed by atoms with Gasteiger partial charge in [0.25, 0.3) is 0 Å². The Bertz CT molecular complexity index is 940. The van der Waals surface area contributed by atoms with Gasteiger partial charge in [0.2, 0.25) is 5.91 Å². The van der Waals surface area contributed by atoms with E-state index in [0.717, 1.165) is 16.6 Å². The van der Waals surface area contributed by atoms with E-state index in [-0.39, 0.29) is 24.5 Å². The fraction of sp³-hybridized carbons (Fsp3) is 0.273. The van der Waals surface area contributed by atoms with Crippen LogP contribution in [0, 0.1) is 13.8 Å². The normalized spacial score (nSPS) is 10.8. The maximum absolute atomic E-state index is 12.2. The van der Waals surface area contributed by atoms with Gasteiger partial charge in [0.05, 0.1) is 0 Å². The number of amides is 1. The van der Waals surface area contributed by atoms with Crippen LogP contribution in [0.25, 0.3) is 10.9 Å². The van der Waals surface area contributed by atoms with Gasteiger partial charge in [-0.1, -0.05) is 30.3 Å². The number of ketones is 1. The molecular formula is C22H24N2O2. The van der Waals surface area contributed by atoms with Crippen molar-refractivity contribution >= 4 is 22.6 Å². The van der Waals surface area contributed by atoms with Crippen molar-refractivity contribution in [2.24, 2.45) is 0 Å². The zero-order chi connectivity index (χ0) is 18.5. The van der Waals surface area contributed by atoms with Gasteiger partial charge in [0, 0.05) is 43.2 Å². The summed E-state index contributed by atoms with van der Waals surface area (Å²) in [7, 11) is 0. The minimum absolute atomic E-state index is 0.0136. The quantitative estimate of drug-likeness (QED) is 0.655. The lowest BCUT2D eigenvalue weighted by atomic mass is 10.0. The van der Waals surface area contributed by atoms with Crippen LogP contribution in [-0.2, 0) is 11.3 Å². The van der Waals surface area contributed by atoms with Crippen LogP contribution in [0.5, 0.6) is 0 Å². The van der Waals surface area contributed by atoms with Gasteiger partial charge in [-0.05, 0) is 48.6 Å². The van der Waals surface area contributed by atoms with Gasteiger partial charge in [-0.25, -0.2) is 0 Å². The first-order valence-electron chi connectivity index (χ1n) is 8.95. The Kier molecular flexibility index (Phi) is 5.52. The molecule has 134 valence electrons. The number of aryl methyl sites for hydroxylation is 2. The highest BCUT2D eigenvalue weighted by molar-refractivity contribution is 5.98. The van der Waals surface area contributed by atoms with Crippen molar-refractivity contribution in [2.75, 3.05) is 6.54 Å². The third-order valence-corrected chi connectivity index (χ3v) is 4.76. The molecular weight excluding hydrogens is 324 g/mol. The monoisotopic (exact) mass is 348 g/mol. The lowest BCUT2D eigenvalue weighted by molar-refractivity contribution is -0.121. The lowest BCUT2D eigenvalue weighted by Crippen LogP contribution is -2.27. The second kappa shape index (κ2) is 8.00. The second-order valence-electron chi connectivity index (χ2n) is 6.64. The van der Waals surface area contributed by atoms with Crippen LogP contribution in [0.2, 0.25) is 0 Å². The average Bonchev–Trinajstić information content (AvgIpc) is 3.05. The van der Waals surface area contributed by atoms with E-state index >= 15 is 0 Å². The van der Waals surface area contributed by atoms with Crippen molar-refractivity contribution in [3.63, 3.8) is 0 Å². The van der Waals surface area contributed by atoms with Gasteiger partial charge in [-0.2, -0.15) is 0 Å². The molecule has 3 rings (SSSR count). The Balaban J connectivity index is 1.45. The highest BCUT2D eigenvalue weighted by Crippen LogP contribution is 2.15. The SMILES string of the molecule is Cc1ccc(C(=O)CCC(=O)NCCn2ccc3ccccc32)cc1C. The molecule has 0 radical (unpaired) electrons. The molecule has 1 aromatic heterocycles. The number of fused-ring (bicyclic) bond motifs is 1. The average molecular weight is 348 g/mol. The maximum Gasteiger partial charge on any atom is 0.220 e. The number of aromatic nitrogens is 1. The molecule has 0 saturated carbocycles. The molecule has 0 fully saturated rings. The number of nitrogens with zero attached hydrogens (tertiary/aromatic N) is 1. The summed E-state index contributed by atoms with van der Waals surface area (Å²) >= 11 is 0. The van der Waals surface area contributed by atoms with Crippen LogP contribution in [0.1, 0.15) is 34.3 Å². The summed E-state index contributed by atoms with van der Waals surface area (Å²) in [6.45, 7) is 5.27. The van der Waals surface area contributed by atoms with Crippen LogP contribution in [0.15, 0.2) is 54.7 Å². The predicted octanol–water partition coefficient (Wildman–Crippen LogP) is 4.04. The number of carbonyl (C=O) groups is 2. The Hall–Kier alpha value is -2.88. The number of rotatable bonds is 7. The fourth-order valence-corrected chi connectivity index (χ4v) is 3.03. The first-order chi connectivity index (χ1) is 12.5. The van der Waals surface area contributed by atoms with Crippen molar-refractivity contribution in [1.82, 2.24) is 9.88 Å². The highest BCUT2D eigenvalue weighted by atomic mass is 16.2. The third-order valence-electron chi connectivity index (χ3n) is 4.76. The van der Waals surface area contributed by atoms with Gasteiger partial charge in [0.15, 0.2) is 5.78 Å². The number of nitrogens with one attached hydrogen (secondary N) is 1. The van der Waals surface area contributed by atoms with Crippen LogP contribution >= 0.6 is 0 Å². The van der Waals surface area contributed by atoms with E-state index in [1.165, 1.54) is 5.39 Å². The van der Waals surface area contributed by atoms with E-state index in [2.05, 4.69) is 28.1 Å². The number of hydrogen-bond donors (Lipinski definition) is 1. The molecule has 4 nitrogen and oxygen atoms in total. The summed E-state index contributed by atoms with van der Waals surface area (Å²) in [5.74, 6) is -0.0710. The minimum Gasteiger partial charge on any atom is -0.354 e. The summed E-state index contributed by atoms with van der Waals surface area (Å²) < 4.78 is 2.12. The van der Waals surface area contributed by atoms with Crippen LogP contribution in [-0.4, -0.2) is 22.8 Å². The molecule has 0 unspecified atom stereocenters. The largest absolute Gasteiger partial charge is 0.354 e. The van der Waals surface area contributed by atoms with Crippen LogP contribution in [0.3, 0.4) is 0 Å². The molecule has 0 aliphatic carbocycles. The predicted molar refractivity (Wildman–Crippen MR) is 104 cm³/mol. The Morgan fingerprint density at radius 3 is 2.58 bits per heavy atom. The van der Waals surface area contributed by atoms with Gasteiger partial charge in [-0.3, -0.25) is 9.59 Å². The van der Waals surface area contributed by atoms with Crippen molar-refractivity contribution in [2.45, 2.75) is 33.2 Å². The van der Waals surface area contributed by atoms with E-state index < -0.39 is 0 Å². The lowest BCUT2D eigenvalue weighted by Gasteiger charge is -2.08. The zero-order valence-electron chi connectivity index (χ0n) is 15.3. The van der Waals surface area contributed by atoms with E-state index in [9.17, 15) is 9.59 Å². The zero-order valence-corrected chi connectivity index (χ0v) is 15.3. The summed E-state index contributed by atoms with van der Waals surface area (Å²) in [5, 5.41) is 4.09. The van der Waals surface area contributed by atoms with Crippen molar-refractivity contribution in [3.8, 4) is 0 Å². The number of para-hydroxylation sites is 1. The molecule has 26 heavy (non-hydrogen) atoms. The molecule has 0 bridgehead atoms. The molecule has 1 amide bonds. The van der Waals surface area contributed by atoms with Gasteiger partial charge in [0.1, 0.15) is 0 Å². The minimum atomic E-state index is -0.0846. The standard InChI is InChI=1S/C22H24N2O2/c1-16-7-8-19(15-17(16)2)21(25)9-10-22(26)23-12-14-24-13-11-18-5-3-4-6-20(18)24/h3-8,11,13,15H,9-10,12,14H2,1-2H3,(H,23,26). The Morgan fingerprint density at radius 1 is 0.962 bits per heavy atom. The van der Waals surface area contributed by atoms with Gasteiger partial charge >= 0.3 is 0 Å². The van der Waals surface area contributed by atoms with E-state index in [4.69, 9.17) is 0 Å². The molecule has 0 saturated heterocycles. The summed E-state index contributed by atoms with van der Waals surface area (Å²) in [4.78, 5) is 24.3. The van der Waals surface area contributed by atoms with Crippen LogP contribution in [0.4, 0.5) is 0 Å². The molecule has 0 aliphatic heterocycles. The van der Waals surface area contributed by atoms with Crippen molar-refractivity contribution in [3.05, 3.63) is 71.4 Å². The number of hydrogen-bond acceptors (Lipinski definition) is 2. The van der Waals surface area contributed by atoms with E-state index in [1.54, 1.807) is 0 Å². The molecule has 0 aliphatic rings. The number of benzene rings is 2. The van der Waals surface area contributed by atoms with E-state index in [0.29, 0.717) is 18.7 Å². The molecule has 1 heterocycles. The molecule has 3 aromatic rings. The number of carbonyl (C=O) groups excluding carboxylic acids is 2. The van der Waals surface area contributed by atoms with Crippen molar-refractivity contribution < 1.29 is 9.59 Å². The first kappa shape index (κ1) is 17.9. The summed E-state index contributed by atoms with van der Waals surface area (Å²) in [6.07, 6.45) is 2.49. The van der Waals surface area contributed by atoms with Gasteiger partial charge in [-0.15, -0.1) is 0 Å². The summed E-state index contributed by atoms with van der Waals surface area (Å²) in [6, 6.07) is 15.9. The molecule has 4 heteroatoms. The fourth-order valence-electron chi connectivity index (χ4n) is 3.03. The third kappa shape index (κ3) is 4.20. The topological polar surface area (TPSA) is 51.1 Å². The Morgan fingerprint density at radius 2 is 1.77 bits per heavy atom. The number of Topliss-reactive ketones (excluding diaryl/α,β-unsaturated/α-hetero) is 1. The second-order valence-corrected chi connectivity index (χ2v) is 6.64. The molecule has 2 aromatic carbocycles. The maximum atomic E-state index is 12.2. The Labute approximate surface area is 153 Å². The molecule has 1 N–H and O–H groups in total. The summed E-state index contributed by atoms with van der Waals surface area (Å²) in [5.41, 5.74) is 4.10. The first-order valence-corrected chi connectivity index (χ1v) is 8.95. The molecule has 0 spiro atoms. The van der Waals surface area contributed by atoms with Gasteiger partial charge < -0.3 is 9.88 Å². The van der Waals surface area contributed by atoms with Crippen LogP contribution < -0.4 is 5.32 Å². The van der Waals surface area contributed by atoms with E-state index in [1.807, 2.05) is 50.4 Å². The smallest absolute Gasteiger partial charge is 0.220 e. The molecule has 0 atom stereocenters. The van der Waals surface area contributed by atoms with Crippen molar-refractivity contribution in [1.29, 1.82) is 0 Å².